The molecule has 2 rings (SSSR count). The second-order valence-corrected chi connectivity index (χ2v) is 5.93. The first-order valence-corrected chi connectivity index (χ1v) is 7.86. The van der Waals surface area contributed by atoms with Crippen LogP contribution in [0, 0.1) is 0 Å². The second kappa shape index (κ2) is 9.41. The standard InChI is InChI=1S/C15H21BrN2O2.ClH/c16-13-4-1-3-12(11-13)15(19)18-8-5-14(6-9-18)20-10-2-7-17;/h1,3-4,11,14H,2,5-10,17H2;1H. The highest BCUT2D eigenvalue weighted by atomic mass is 79.9. The van der Waals surface area contributed by atoms with Crippen molar-refractivity contribution in [1.29, 1.82) is 0 Å². The summed E-state index contributed by atoms with van der Waals surface area (Å²) in [5.74, 6) is 0.103. The van der Waals surface area contributed by atoms with Gasteiger partial charge in [0.05, 0.1) is 6.10 Å². The van der Waals surface area contributed by atoms with Gasteiger partial charge >= 0.3 is 0 Å². The molecule has 2 N–H and O–H groups in total. The molecule has 1 heterocycles. The van der Waals surface area contributed by atoms with Gasteiger partial charge in [-0.25, -0.2) is 0 Å². The van der Waals surface area contributed by atoms with Gasteiger partial charge in [0.1, 0.15) is 0 Å². The van der Waals surface area contributed by atoms with Gasteiger partial charge in [-0.1, -0.05) is 22.0 Å². The number of hydrogen-bond acceptors (Lipinski definition) is 3. The smallest absolute Gasteiger partial charge is 0.253 e. The normalized spacial score (nSPS) is 15.6. The third-order valence-electron chi connectivity index (χ3n) is 3.50. The molecule has 1 amide bonds. The Morgan fingerprint density at radius 2 is 2.10 bits per heavy atom. The maximum absolute atomic E-state index is 12.4. The number of nitrogens with zero attached hydrogens (tertiary/aromatic N) is 1. The number of likely N-dealkylation sites (tertiary alicyclic amines) is 1. The van der Waals surface area contributed by atoms with E-state index < -0.39 is 0 Å². The molecule has 1 aromatic carbocycles. The zero-order valence-corrected chi connectivity index (χ0v) is 14.4. The maximum atomic E-state index is 12.4. The van der Waals surface area contributed by atoms with Gasteiger partial charge in [-0.15, -0.1) is 12.4 Å². The Morgan fingerprint density at radius 3 is 2.71 bits per heavy atom. The van der Waals surface area contributed by atoms with Crippen molar-refractivity contribution in [3.05, 3.63) is 34.3 Å². The van der Waals surface area contributed by atoms with E-state index in [1.165, 1.54) is 0 Å². The molecule has 118 valence electrons. The molecule has 1 aromatic rings. The SMILES string of the molecule is Cl.NCCCOC1CCN(C(=O)c2cccc(Br)c2)CC1. The van der Waals surface area contributed by atoms with Crippen molar-refractivity contribution in [2.24, 2.45) is 5.73 Å². The van der Waals surface area contributed by atoms with Crippen LogP contribution in [0.3, 0.4) is 0 Å². The predicted molar refractivity (Wildman–Crippen MR) is 89.9 cm³/mol. The third-order valence-corrected chi connectivity index (χ3v) is 4.00. The van der Waals surface area contributed by atoms with Crippen molar-refractivity contribution < 1.29 is 9.53 Å². The van der Waals surface area contributed by atoms with E-state index in [1.54, 1.807) is 0 Å². The van der Waals surface area contributed by atoms with E-state index in [9.17, 15) is 4.79 Å². The molecule has 1 aliphatic rings. The number of ether oxygens (including phenoxy) is 1. The number of carbonyl (C=O) groups is 1. The van der Waals surface area contributed by atoms with Gasteiger partial charge in [0, 0.05) is 29.7 Å². The lowest BCUT2D eigenvalue weighted by atomic mass is 10.1. The summed E-state index contributed by atoms with van der Waals surface area (Å²) < 4.78 is 6.68. The third kappa shape index (κ3) is 5.58. The zero-order valence-electron chi connectivity index (χ0n) is 12.0. The van der Waals surface area contributed by atoms with Crippen molar-refractivity contribution in [2.75, 3.05) is 26.2 Å². The highest BCUT2D eigenvalue weighted by Gasteiger charge is 2.23. The Balaban J connectivity index is 0.00000220. The molecule has 1 aliphatic heterocycles. The van der Waals surface area contributed by atoms with E-state index in [4.69, 9.17) is 10.5 Å². The zero-order chi connectivity index (χ0) is 14.4. The molecule has 0 saturated carbocycles. The summed E-state index contributed by atoms with van der Waals surface area (Å²) in [6.45, 7) is 2.91. The van der Waals surface area contributed by atoms with Crippen LogP contribution in [-0.2, 0) is 4.74 Å². The first kappa shape index (κ1) is 18.4. The number of halogens is 2. The Morgan fingerprint density at radius 1 is 1.38 bits per heavy atom. The van der Waals surface area contributed by atoms with Crippen molar-refractivity contribution >= 4 is 34.2 Å². The van der Waals surface area contributed by atoms with Crippen molar-refractivity contribution in [3.63, 3.8) is 0 Å². The first-order valence-electron chi connectivity index (χ1n) is 7.07. The molecule has 0 aromatic heterocycles. The van der Waals surface area contributed by atoms with Gasteiger partial charge < -0.3 is 15.4 Å². The summed E-state index contributed by atoms with van der Waals surface area (Å²) in [7, 11) is 0. The van der Waals surface area contributed by atoms with E-state index in [0.717, 1.165) is 49.0 Å². The molecular formula is C15H22BrClN2O2. The molecule has 4 nitrogen and oxygen atoms in total. The van der Waals surface area contributed by atoms with Crippen LogP contribution < -0.4 is 5.73 Å². The van der Waals surface area contributed by atoms with Gasteiger partial charge in [0.15, 0.2) is 0 Å². The molecule has 6 heteroatoms. The monoisotopic (exact) mass is 376 g/mol. The molecule has 0 spiro atoms. The largest absolute Gasteiger partial charge is 0.378 e. The molecule has 0 unspecified atom stereocenters. The number of amides is 1. The average molecular weight is 378 g/mol. The summed E-state index contributed by atoms with van der Waals surface area (Å²) in [6.07, 6.45) is 2.99. The highest BCUT2D eigenvalue weighted by Crippen LogP contribution is 2.18. The molecule has 0 bridgehead atoms. The van der Waals surface area contributed by atoms with Gasteiger partial charge in [0.2, 0.25) is 0 Å². The second-order valence-electron chi connectivity index (χ2n) is 5.01. The van der Waals surface area contributed by atoms with Crippen LogP contribution in [0.15, 0.2) is 28.7 Å². The Kier molecular flexibility index (Phi) is 8.26. The van der Waals surface area contributed by atoms with Crippen molar-refractivity contribution in [1.82, 2.24) is 4.90 Å². The lowest BCUT2D eigenvalue weighted by Gasteiger charge is -2.32. The van der Waals surface area contributed by atoms with Gasteiger partial charge in [-0.2, -0.15) is 0 Å². The minimum absolute atomic E-state index is 0. The lowest BCUT2D eigenvalue weighted by Crippen LogP contribution is -2.41. The first-order chi connectivity index (χ1) is 9.70. The number of benzene rings is 1. The van der Waals surface area contributed by atoms with E-state index in [-0.39, 0.29) is 24.4 Å². The van der Waals surface area contributed by atoms with E-state index in [1.807, 2.05) is 29.2 Å². The van der Waals surface area contributed by atoms with Crippen molar-refractivity contribution in [2.45, 2.75) is 25.4 Å². The summed E-state index contributed by atoms with van der Waals surface area (Å²) in [5.41, 5.74) is 6.18. The van der Waals surface area contributed by atoms with Crippen LogP contribution in [0.2, 0.25) is 0 Å². The van der Waals surface area contributed by atoms with Crippen molar-refractivity contribution in [3.8, 4) is 0 Å². The minimum Gasteiger partial charge on any atom is -0.378 e. The predicted octanol–water partition coefficient (Wildman–Crippen LogP) is 2.84. The van der Waals surface area contributed by atoms with Crippen LogP contribution in [-0.4, -0.2) is 43.2 Å². The molecule has 21 heavy (non-hydrogen) atoms. The summed E-state index contributed by atoms with van der Waals surface area (Å²) >= 11 is 3.40. The molecule has 1 fully saturated rings. The Hall–Kier alpha value is -0.620. The summed E-state index contributed by atoms with van der Waals surface area (Å²) in [5, 5.41) is 0. The van der Waals surface area contributed by atoms with E-state index >= 15 is 0 Å². The fourth-order valence-electron chi connectivity index (χ4n) is 2.36. The Labute approximate surface area is 140 Å². The number of carbonyl (C=O) groups excluding carboxylic acids is 1. The number of hydrogen-bond donors (Lipinski definition) is 1. The van der Waals surface area contributed by atoms with Crippen LogP contribution in [0.25, 0.3) is 0 Å². The van der Waals surface area contributed by atoms with Crippen LogP contribution in [0.4, 0.5) is 0 Å². The van der Waals surface area contributed by atoms with Gasteiger partial charge in [0.25, 0.3) is 5.91 Å². The minimum atomic E-state index is 0. The van der Waals surface area contributed by atoms with E-state index in [0.29, 0.717) is 6.54 Å². The fourth-order valence-corrected chi connectivity index (χ4v) is 2.76. The Bertz CT molecular complexity index is 451. The summed E-state index contributed by atoms with van der Waals surface area (Å²) in [6, 6.07) is 7.54. The number of rotatable bonds is 5. The average Bonchev–Trinajstić information content (AvgIpc) is 2.47. The van der Waals surface area contributed by atoms with E-state index in [2.05, 4.69) is 15.9 Å². The molecule has 1 saturated heterocycles. The molecular weight excluding hydrogens is 356 g/mol. The number of piperidine rings is 1. The quantitative estimate of drug-likeness (QED) is 0.803. The summed E-state index contributed by atoms with van der Waals surface area (Å²) in [4.78, 5) is 14.3. The van der Waals surface area contributed by atoms with Crippen LogP contribution >= 0.6 is 28.3 Å². The maximum Gasteiger partial charge on any atom is 0.253 e. The number of nitrogens with two attached hydrogens (primary N) is 1. The van der Waals surface area contributed by atoms with Gasteiger partial charge in [-0.05, 0) is 44.0 Å². The molecule has 0 atom stereocenters. The molecule has 0 radical (unpaired) electrons. The fraction of sp³-hybridized carbons (Fsp3) is 0.533. The van der Waals surface area contributed by atoms with Crippen LogP contribution in [0.1, 0.15) is 29.6 Å². The molecule has 0 aliphatic carbocycles. The lowest BCUT2D eigenvalue weighted by molar-refractivity contribution is 0.00844. The highest BCUT2D eigenvalue weighted by molar-refractivity contribution is 9.10. The topological polar surface area (TPSA) is 55.6 Å². The van der Waals surface area contributed by atoms with Crippen LogP contribution in [0.5, 0.6) is 0 Å². The van der Waals surface area contributed by atoms with Gasteiger partial charge in [-0.3, -0.25) is 4.79 Å².